The lowest BCUT2D eigenvalue weighted by Crippen LogP contribution is -2.19. The van der Waals surface area contributed by atoms with Crippen molar-refractivity contribution in [2.75, 3.05) is 12.4 Å². The third kappa shape index (κ3) is 4.32. The number of anilines is 1. The SMILES string of the molecule is [2H]C([2H])([2H])Oc1ccc(Cc2ccc(NC(N)=O)nc2)cc1-c1cccc(Cl)c1. The van der Waals surface area contributed by atoms with E-state index in [4.69, 9.17) is 26.2 Å². The van der Waals surface area contributed by atoms with Crippen molar-refractivity contribution in [3.63, 3.8) is 0 Å². The Morgan fingerprint density at radius 1 is 1.23 bits per heavy atom. The van der Waals surface area contributed by atoms with Crippen LogP contribution in [0.1, 0.15) is 15.2 Å². The summed E-state index contributed by atoms with van der Waals surface area (Å²) in [5.74, 6) is 0.609. The average Bonchev–Trinajstić information content (AvgIpc) is 2.63. The van der Waals surface area contributed by atoms with E-state index in [9.17, 15) is 4.79 Å². The summed E-state index contributed by atoms with van der Waals surface area (Å²) in [5, 5.41) is 2.94. The fraction of sp³-hybridized carbons (Fsp3) is 0.100. The molecule has 0 aliphatic rings. The molecule has 5 nitrogen and oxygen atoms in total. The van der Waals surface area contributed by atoms with Crippen molar-refractivity contribution < 1.29 is 13.6 Å². The Hall–Kier alpha value is -3.05. The molecule has 1 heterocycles. The summed E-state index contributed by atoms with van der Waals surface area (Å²) in [6, 6.07) is 15.2. The average molecular weight is 371 g/mol. The molecule has 0 fully saturated rings. The highest BCUT2D eigenvalue weighted by molar-refractivity contribution is 6.30. The Labute approximate surface area is 161 Å². The number of urea groups is 1. The van der Waals surface area contributed by atoms with Gasteiger partial charge in [-0.1, -0.05) is 35.9 Å². The molecule has 0 radical (unpaired) electrons. The molecule has 2 aromatic carbocycles. The van der Waals surface area contributed by atoms with Crippen molar-refractivity contribution in [1.29, 1.82) is 0 Å². The molecule has 0 saturated heterocycles. The Kier molecular flexibility index (Phi) is 4.29. The molecule has 2 amide bonds. The van der Waals surface area contributed by atoms with Gasteiger partial charge >= 0.3 is 6.03 Å². The molecule has 132 valence electrons. The van der Waals surface area contributed by atoms with Gasteiger partial charge in [-0.05, 0) is 53.4 Å². The number of primary amides is 1. The molecule has 1 aromatic heterocycles. The van der Waals surface area contributed by atoms with Gasteiger partial charge in [-0.2, -0.15) is 0 Å². The lowest BCUT2D eigenvalue weighted by molar-refractivity contribution is 0.259. The number of nitrogens with two attached hydrogens (primary N) is 1. The number of pyridine rings is 1. The second-order valence-electron chi connectivity index (χ2n) is 5.66. The van der Waals surface area contributed by atoms with Crippen LogP contribution in [0.2, 0.25) is 5.02 Å². The monoisotopic (exact) mass is 370 g/mol. The number of nitrogens with one attached hydrogen (secondary N) is 1. The highest BCUT2D eigenvalue weighted by atomic mass is 35.5. The Bertz CT molecular complexity index is 1020. The van der Waals surface area contributed by atoms with Crippen LogP contribution in [-0.2, 0) is 6.42 Å². The standard InChI is InChI=1S/C20H18ClN3O2/c1-26-18-7-5-13(10-17(18)15-3-2-4-16(21)11-15)9-14-6-8-19(23-12-14)24-20(22)25/h2-8,10-12H,9H2,1H3,(H3,22,23,24,25)/i1D3. The van der Waals surface area contributed by atoms with E-state index in [-0.39, 0.29) is 5.75 Å². The second-order valence-corrected chi connectivity index (χ2v) is 6.10. The molecule has 0 spiro atoms. The van der Waals surface area contributed by atoms with Crippen molar-refractivity contribution in [3.8, 4) is 16.9 Å². The van der Waals surface area contributed by atoms with Crippen molar-refractivity contribution in [2.45, 2.75) is 6.42 Å². The number of nitrogens with zero attached hydrogens (tertiary/aromatic N) is 1. The topological polar surface area (TPSA) is 77.2 Å². The van der Waals surface area contributed by atoms with Crippen LogP contribution in [0.4, 0.5) is 10.6 Å². The summed E-state index contributed by atoms with van der Waals surface area (Å²) >= 11 is 6.10. The van der Waals surface area contributed by atoms with Crippen LogP contribution in [0, 0.1) is 0 Å². The first-order valence-electron chi connectivity index (χ1n) is 9.29. The number of hydrogen-bond donors (Lipinski definition) is 2. The van der Waals surface area contributed by atoms with E-state index >= 15 is 0 Å². The predicted octanol–water partition coefficient (Wildman–Crippen LogP) is 4.49. The number of carbonyl (C=O) groups excluding carboxylic acids is 1. The first-order valence-corrected chi connectivity index (χ1v) is 8.17. The molecule has 0 saturated carbocycles. The van der Waals surface area contributed by atoms with E-state index in [0.29, 0.717) is 22.8 Å². The Balaban J connectivity index is 1.92. The predicted molar refractivity (Wildman–Crippen MR) is 104 cm³/mol. The quantitative estimate of drug-likeness (QED) is 0.694. The van der Waals surface area contributed by atoms with Crippen LogP contribution in [0.15, 0.2) is 60.8 Å². The van der Waals surface area contributed by atoms with E-state index in [1.165, 1.54) is 0 Å². The third-order valence-corrected chi connectivity index (χ3v) is 4.01. The summed E-state index contributed by atoms with van der Waals surface area (Å²) < 4.78 is 27.4. The normalized spacial score (nSPS) is 12.6. The number of halogens is 1. The van der Waals surface area contributed by atoms with Gasteiger partial charge in [0.15, 0.2) is 0 Å². The Morgan fingerprint density at radius 2 is 2.08 bits per heavy atom. The van der Waals surface area contributed by atoms with E-state index in [1.807, 2.05) is 18.2 Å². The first kappa shape index (κ1) is 14.2. The van der Waals surface area contributed by atoms with Gasteiger partial charge in [0.2, 0.25) is 0 Å². The number of hydrogen-bond acceptors (Lipinski definition) is 3. The summed E-state index contributed by atoms with van der Waals surface area (Å²) in [4.78, 5) is 15.0. The summed E-state index contributed by atoms with van der Waals surface area (Å²) in [7, 11) is -2.57. The molecule has 26 heavy (non-hydrogen) atoms. The minimum atomic E-state index is -2.57. The zero-order valence-corrected chi connectivity index (χ0v) is 14.5. The maximum Gasteiger partial charge on any atom is 0.317 e. The molecule has 0 atom stereocenters. The molecule has 3 rings (SSSR count). The number of benzene rings is 2. The van der Waals surface area contributed by atoms with Crippen LogP contribution in [0.5, 0.6) is 5.75 Å². The zero-order chi connectivity index (χ0) is 21.0. The van der Waals surface area contributed by atoms with Crippen LogP contribution in [-0.4, -0.2) is 18.1 Å². The van der Waals surface area contributed by atoms with Gasteiger partial charge < -0.3 is 10.5 Å². The molecule has 3 aromatic rings. The molecule has 0 unspecified atom stereocenters. The van der Waals surface area contributed by atoms with Gasteiger partial charge in [-0.25, -0.2) is 9.78 Å². The van der Waals surface area contributed by atoms with E-state index in [1.54, 1.807) is 42.6 Å². The molecular formula is C20H18ClN3O2. The van der Waals surface area contributed by atoms with Crippen LogP contribution in [0.3, 0.4) is 0 Å². The van der Waals surface area contributed by atoms with Crippen molar-refractivity contribution >= 4 is 23.4 Å². The van der Waals surface area contributed by atoms with Gasteiger partial charge in [0.05, 0.1) is 11.2 Å². The number of amides is 2. The van der Waals surface area contributed by atoms with Crippen molar-refractivity contribution in [1.82, 2.24) is 4.98 Å². The fourth-order valence-electron chi connectivity index (χ4n) is 2.62. The van der Waals surface area contributed by atoms with Crippen LogP contribution >= 0.6 is 11.6 Å². The summed E-state index contributed by atoms with van der Waals surface area (Å²) in [6.45, 7) is 0. The number of rotatable bonds is 5. The van der Waals surface area contributed by atoms with Gasteiger partial charge in [-0.3, -0.25) is 5.32 Å². The molecule has 0 aliphatic heterocycles. The van der Waals surface area contributed by atoms with E-state index < -0.39 is 13.1 Å². The molecule has 3 N–H and O–H groups in total. The second kappa shape index (κ2) is 7.89. The van der Waals surface area contributed by atoms with Crippen LogP contribution < -0.4 is 15.8 Å². The van der Waals surface area contributed by atoms with Gasteiger partial charge in [-0.15, -0.1) is 0 Å². The Morgan fingerprint density at radius 3 is 2.77 bits per heavy atom. The van der Waals surface area contributed by atoms with E-state index in [0.717, 1.165) is 16.7 Å². The molecule has 6 heteroatoms. The van der Waals surface area contributed by atoms with Gasteiger partial charge in [0.25, 0.3) is 0 Å². The lowest BCUT2D eigenvalue weighted by Gasteiger charge is -2.12. The third-order valence-electron chi connectivity index (χ3n) is 3.77. The highest BCUT2D eigenvalue weighted by Crippen LogP contribution is 2.32. The molecule has 0 aliphatic carbocycles. The number of carbonyl (C=O) groups is 1. The zero-order valence-electron chi connectivity index (χ0n) is 16.7. The smallest absolute Gasteiger partial charge is 0.317 e. The largest absolute Gasteiger partial charge is 0.496 e. The van der Waals surface area contributed by atoms with Crippen LogP contribution in [0.25, 0.3) is 11.1 Å². The number of ether oxygens (including phenoxy) is 1. The summed E-state index contributed by atoms with van der Waals surface area (Å²) in [6.07, 6.45) is 2.18. The maximum atomic E-state index is 10.9. The molecular weight excluding hydrogens is 350 g/mol. The first-order chi connectivity index (χ1) is 13.7. The minimum Gasteiger partial charge on any atom is -0.496 e. The highest BCUT2D eigenvalue weighted by Gasteiger charge is 2.09. The fourth-order valence-corrected chi connectivity index (χ4v) is 2.81. The number of aromatic nitrogens is 1. The maximum absolute atomic E-state index is 10.9. The number of methoxy groups -OCH3 is 1. The van der Waals surface area contributed by atoms with Crippen molar-refractivity contribution in [3.05, 3.63) is 76.9 Å². The lowest BCUT2D eigenvalue weighted by atomic mass is 9.99. The van der Waals surface area contributed by atoms with Gasteiger partial charge in [0.1, 0.15) is 11.6 Å². The van der Waals surface area contributed by atoms with Crippen molar-refractivity contribution in [2.24, 2.45) is 5.73 Å². The molecule has 0 bridgehead atoms. The van der Waals surface area contributed by atoms with Gasteiger partial charge in [0, 0.05) is 16.8 Å². The van der Waals surface area contributed by atoms with E-state index in [2.05, 4.69) is 10.3 Å². The summed E-state index contributed by atoms with van der Waals surface area (Å²) in [5.41, 5.74) is 8.28. The minimum absolute atomic E-state index is 0.246.